The summed E-state index contributed by atoms with van der Waals surface area (Å²) in [5.74, 6) is 1.62. The van der Waals surface area contributed by atoms with Gasteiger partial charge < -0.3 is 20.5 Å². The molecular weight excluding hydrogens is 417 g/mol. The second-order valence-electron chi connectivity index (χ2n) is 5.65. The van der Waals surface area contributed by atoms with E-state index in [1.54, 1.807) is 7.11 Å². The number of halogens is 1. The highest BCUT2D eigenvalue weighted by Crippen LogP contribution is 2.14. The maximum Gasteiger partial charge on any atom is 0.191 e. The van der Waals surface area contributed by atoms with Crippen molar-refractivity contribution in [1.82, 2.24) is 10.6 Å². The number of benzene rings is 1. The van der Waals surface area contributed by atoms with E-state index >= 15 is 0 Å². The normalized spacial score (nSPS) is 11.6. The van der Waals surface area contributed by atoms with Crippen LogP contribution in [-0.4, -0.2) is 43.4 Å². The number of hydrogen-bond acceptors (Lipinski definition) is 3. The smallest absolute Gasteiger partial charge is 0.191 e. The zero-order valence-corrected chi connectivity index (χ0v) is 17.6. The average Bonchev–Trinajstić information content (AvgIpc) is 2.60. The van der Waals surface area contributed by atoms with Crippen LogP contribution in [0.4, 0.5) is 0 Å². The zero-order chi connectivity index (χ0) is 17.1. The highest BCUT2D eigenvalue weighted by molar-refractivity contribution is 14.0. The first kappa shape index (κ1) is 23.0. The molecule has 0 amide bonds. The highest BCUT2D eigenvalue weighted by Gasteiger charge is 2.21. The number of ether oxygens (including phenoxy) is 1. The molecule has 1 aromatic rings. The molecule has 1 rings (SSSR count). The molecule has 138 valence electrons. The molecule has 24 heavy (non-hydrogen) atoms. The Morgan fingerprint density at radius 2 is 1.75 bits per heavy atom. The molecule has 6 heteroatoms. The number of rotatable bonds is 9. The molecule has 0 spiro atoms. The van der Waals surface area contributed by atoms with E-state index < -0.39 is 5.60 Å². The number of hydrogen-bond donors (Lipinski definition) is 3. The third kappa shape index (κ3) is 8.19. The summed E-state index contributed by atoms with van der Waals surface area (Å²) in [6.45, 7) is 8.01. The van der Waals surface area contributed by atoms with Crippen LogP contribution in [0.3, 0.4) is 0 Å². The zero-order valence-electron chi connectivity index (χ0n) is 15.3. The van der Waals surface area contributed by atoms with Gasteiger partial charge in [-0.05, 0) is 43.9 Å². The summed E-state index contributed by atoms with van der Waals surface area (Å²) in [4.78, 5) is 4.51. The maximum atomic E-state index is 10.3. The van der Waals surface area contributed by atoms with Crippen molar-refractivity contribution in [2.45, 2.75) is 45.6 Å². The summed E-state index contributed by atoms with van der Waals surface area (Å²) in [6, 6.07) is 8.07. The third-order valence-electron chi connectivity index (χ3n) is 4.06. The quantitative estimate of drug-likeness (QED) is 0.308. The van der Waals surface area contributed by atoms with E-state index in [1.165, 1.54) is 5.56 Å². The summed E-state index contributed by atoms with van der Waals surface area (Å²) in [5.41, 5.74) is 0.533. The first-order valence-electron chi connectivity index (χ1n) is 8.44. The molecule has 0 aliphatic rings. The van der Waals surface area contributed by atoms with Crippen LogP contribution in [0.1, 0.15) is 39.2 Å². The van der Waals surface area contributed by atoms with Gasteiger partial charge in [0, 0.05) is 13.1 Å². The molecule has 3 N–H and O–H groups in total. The summed E-state index contributed by atoms with van der Waals surface area (Å²) in [7, 11) is 1.67. The van der Waals surface area contributed by atoms with Crippen LogP contribution >= 0.6 is 24.0 Å². The van der Waals surface area contributed by atoms with Crippen molar-refractivity contribution in [3.8, 4) is 5.75 Å². The Hall–Kier alpha value is -1.02. The van der Waals surface area contributed by atoms with Gasteiger partial charge in [0.2, 0.25) is 0 Å². The van der Waals surface area contributed by atoms with Gasteiger partial charge in [0.1, 0.15) is 5.75 Å². The minimum Gasteiger partial charge on any atom is -0.497 e. The maximum absolute atomic E-state index is 10.3. The van der Waals surface area contributed by atoms with Gasteiger partial charge in [0.15, 0.2) is 5.96 Å². The molecule has 0 aliphatic heterocycles. The van der Waals surface area contributed by atoms with E-state index in [2.05, 4.69) is 27.8 Å². The third-order valence-corrected chi connectivity index (χ3v) is 4.06. The highest BCUT2D eigenvalue weighted by atomic mass is 127. The van der Waals surface area contributed by atoms with Gasteiger partial charge in [0.05, 0.1) is 19.3 Å². The SMILES string of the molecule is CCNC(=NCC(O)(CC)CC)NCCc1ccc(OC)cc1.I. The summed E-state index contributed by atoms with van der Waals surface area (Å²) in [5, 5.41) is 16.9. The lowest BCUT2D eigenvalue weighted by atomic mass is 9.98. The van der Waals surface area contributed by atoms with Gasteiger partial charge in [-0.2, -0.15) is 0 Å². The molecule has 0 saturated heterocycles. The monoisotopic (exact) mass is 449 g/mol. The number of nitrogens with one attached hydrogen (secondary N) is 2. The van der Waals surface area contributed by atoms with Crippen LogP contribution < -0.4 is 15.4 Å². The van der Waals surface area contributed by atoms with E-state index in [4.69, 9.17) is 4.74 Å². The molecule has 0 radical (unpaired) electrons. The lowest BCUT2D eigenvalue weighted by Gasteiger charge is -2.23. The van der Waals surface area contributed by atoms with E-state index in [0.717, 1.165) is 31.2 Å². The lowest BCUT2D eigenvalue weighted by Crippen LogP contribution is -2.40. The van der Waals surface area contributed by atoms with Crippen molar-refractivity contribution in [2.24, 2.45) is 4.99 Å². The van der Waals surface area contributed by atoms with Gasteiger partial charge in [-0.1, -0.05) is 26.0 Å². The summed E-state index contributed by atoms with van der Waals surface area (Å²) < 4.78 is 5.16. The Labute approximate surface area is 163 Å². The van der Waals surface area contributed by atoms with Gasteiger partial charge in [0.25, 0.3) is 0 Å². The second-order valence-corrected chi connectivity index (χ2v) is 5.65. The standard InChI is InChI=1S/C18H31N3O2.HI/c1-5-18(22,6-2)14-21-17(19-7-3)20-13-12-15-8-10-16(23-4)11-9-15;/h8-11,22H,5-7,12-14H2,1-4H3,(H2,19,20,21);1H. The fraction of sp³-hybridized carbons (Fsp3) is 0.611. The van der Waals surface area contributed by atoms with Crippen molar-refractivity contribution >= 4 is 29.9 Å². The Bertz CT molecular complexity index is 474. The van der Waals surface area contributed by atoms with Gasteiger partial charge in [-0.3, -0.25) is 4.99 Å². The van der Waals surface area contributed by atoms with Crippen LogP contribution in [0.25, 0.3) is 0 Å². The number of aliphatic hydroxyl groups is 1. The molecule has 0 heterocycles. The van der Waals surface area contributed by atoms with E-state index in [0.29, 0.717) is 19.4 Å². The Kier molecular flexibility index (Phi) is 11.8. The minimum absolute atomic E-state index is 0. The van der Waals surface area contributed by atoms with Crippen LogP contribution in [0.2, 0.25) is 0 Å². The van der Waals surface area contributed by atoms with Crippen molar-refractivity contribution < 1.29 is 9.84 Å². The number of guanidine groups is 1. The summed E-state index contributed by atoms with van der Waals surface area (Å²) >= 11 is 0. The Morgan fingerprint density at radius 1 is 1.12 bits per heavy atom. The van der Waals surface area contributed by atoms with Crippen LogP contribution in [0.15, 0.2) is 29.3 Å². The minimum atomic E-state index is -0.710. The number of methoxy groups -OCH3 is 1. The largest absolute Gasteiger partial charge is 0.497 e. The number of nitrogens with zero attached hydrogens (tertiary/aromatic N) is 1. The van der Waals surface area contributed by atoms with Gasteiger partial charge >= 0.3 is 0 Å². The molecule has 0 bridgehead atoms. The predicted molar refractivity (Wildman–Crippen MR) is 112 cm³/mol. The fourth-order valence-electron chi connectivity index (χ4n) is 2.16. The van der Waals surface area contributed by atoms with E-state index in [-0.39, 0.29) is 24.0 Å². The lowest BCUT2D eigenvalue weighted by molar-refractivity contribution is 0.0418. The molecule has 0 fully saturated rings. The molecule has 0 saturated carbocycles. The van der Waals surface area contributed by atoms with Gasteiger partial charge in [-0.15, -0.1) is 24.0 Å². The van der Waals surface area contributed by atoms with Crippen molar-refractivity contribution in [1.29, 1.82) is 0 Å². The summed E-state index contributed by atoms with van der Waals surface area (Å²) in [6.07, 6.45) is 2.32. The first-order chi connectivity index (χ1) is 11.1. The number of aliphatic imine (C=N–C) groups is 1. The first-order valence-corrected chi connectivity index (χ1v) is 8.44. The fourth-order valence-corrected chi connectivity index (χ4v) is 2.16. The topological polar surface area (TPSA) is 65.9 Å². The second kappa shape index (κ2) is 12.4. The predicted octanol–water partition coefficient (Wildman–Crippen LogP) is 2.96. The van der Waals surface area contributed by atoms with Crippen molar-refractivity contribution in [3.05, 3.63) is 29.8 Å². The van der Waals surface area contributed by atoms with Crippen molar-refractivity contribution in [2.75, 3.05) is 26.7 Å². The van der Waals surface area contributed by atoms with Crippen molar-refractivity contribution in [3.63, 3.8) is 0 Å². The van der Waals surface area contributed by atoms with Gasteiger partial charge in [-0.25, -0.2) is 0 Å². The molecule has 1 aromatic carbocycles. The Balaban J connectivity index is 0.00000529. The molecule has 0 aromatic heterocycles. The van der Waals surface area contributed by atoms with E-state index in [1.807, 2.05) is 32.9 Å². The molecule has 0 aliphatic carbocycles. The van der Waals surface area contributed by atoms with Crippen LogP contribution in [0, 0.1) is 0 Å². The molecular formula is C18H32IN3O2. The van der Waals surface area contributed by atoms with Crippen LogP contribution in [-0.2, 0) is 6.42 Å². The Morgan fingerprint density at radius 3 is 2.25 bits per heavy atom. The molecule has 5 nitrogen and oxygen atoms in total. The molecule has 0 unspecified atom stereocenters. The van der Waals surface area contributed by atoms with Crippen LogP contribution in [0.5, 0.6) is 5.75 Å². The average molecular weight is 449 g/mol. The molecule has 0 atom stereocenters. The van der Waals surface area contributed by atoms with E-state index in [9.17, 15) is 5.11 Å².